The molecule has 0 aromatic carbocycles. The molecule has 14 heteroatoms. The number of ether oxygens (including phenoxy) is 5. The predicted octanol–water partition coefficient (Wildman–Crippen LogP) is -5.28. The molecule has 2 aliphatic rings. The Kier molecular flexibility index (Phi) is 8.60. The van der Waals surface area contributed by atoms with Crippen LogP contribution in [0.4, 0.5) is 0 Å². The van der Waals surface area contributed by atoms with Gasteiger partial charge in [-0.05, 0) is 0 Å². The lowest BCUT2D eigenvalue weighted by Gasteiger charge is -2.43. The van der Waals surface area contributed by atoms with Gasteiger partial charge in [0.15, 0.2) is 6.29 Å². The van der Waals surface area contributed by atoms with E-state index in [1.54, 1.807) is 0 Å². The van der Waals surface area contributed by atoms with E-state index in [1.807, 2.05) is 0 Å². The van der Waals surface area contributed by atoms with Crippen molar-refractivity contribution < 1.29 is 69.0 Å². The molecule has 0 aliphatic carbocycles. The molecule has 9 atom stereocenters. The Hall–Kier alpha value is -1.30. The lowest BCUT2D eigenvalue weighted by molar-refractivity contribution is -0.384. The van der Waals surface area contributed by atoms with Crippen LogP contribution in [0, 0.1) is 0 Å². The highest BCUT2D eigenvalue weighted by Crippen LogP contribution is 2.35. The van der Waals surface area contributed by atoms with E-state index in [2.05, 4.69) is 4.74 Å². The van der Waals surface area contributed by atoms with Crippen LogP contribution in [0.3, 0.4) is 0 Å². The van der Waals surface area contributed by atoms with Gasteiger partial charge in [0.2, 0.25) is 5.79 Å². The van der Waals surface area contributed by atoms with Crippen molar-refractivity contribution in [1.29, 1.82) is 0 Å². The van der Waals surface area contributed by atoms with Crippen molar-refractivity contribution in [2.24, 2.45) is 0 Å². The first-order chi connectivity index (χ1) is 14.1. The Morgan fingerprint density at radius 1 is 0.967 bits per heavy atom. The molecule has 30 heavy (non-hydrogen) atoms. The summed E-state index contributed by atoms with van der Waals surface area (Å²) in [5.74, 6) is -4.17. The van der Waals surface area contributed by atoms with Crippen LogP contribution in [0.1, 0.15) is 6.92 Å². The Morgan fingerprint density at radius 2 is 1.63 bits per heavy atom. The monoisotopic (exact) mass is 442 g/mol. The third-order valence-corrected chi connectivity index (χ3v) is 4.65. The van der Waals surface area contributed by atoms with Gasteiger partial charge in [-0.3, -0.25) is 4.79 Å². The van der Waals surface area contributed by atoms with Crippen LogP contribution in [0.25, 0.3) is 0 Å². The average Bonchev–Trinajstić information content (AvgIpc) is 2.94. The third kappa shape index (κ3) is 5.30. The van der Waals surface area contributed by atoms with E-state index >= 15 is 0 Å². The summed E-state index contributed by atoms with van der Waals surface area (Å²) in [6.45, 7) is -1.91. The number of hydrogen-bond acceptors (Lipinski definition) is 14. The van der Waals surface area contributed by atoms with Crippen LogP contribution < -0.4 is 0 Å². The highest BCUT2D eigenvalue weighted by Gasteiger charge is 2.58. The van der Waals surface area contributed by atoms with Crippen LogP contribution in [0.15, 0.2) is 0 Å². The largest absolute Gasteiger partial charge is 0.394 e. The molecule has 0 unspecified atom stereocenters. The highest BCUT2D eigenvalue weighted by molar-refractivity contribution is 5.84. The summed E-state index contributed by atoms with van der Waals surface area (Å²) in [6, 6.07) is 0. The summed E-state index contributed by atoms with van der Waals surface area (Å²) in [5.41, 5.74) is 0. The molecular weight excluding hydrogens is 416 g/mol. The van der Waals surface area contributed by atoms with Crippen molar-refractivity contribution >= 4 is 11.9 Å². The zero-order valence-electron chi connectivity index (χ0n) is 15.9. The highest BCUT2D eigenvalue weighted by atomic mass is 16.8. The number of esters is 2. The summed E-state index contributed by atoms with van der Waals surface area (Å²) in [7, 11) is 0. The topological polar surface area (TPSA) is 222 Å². The molecule has 174 valence electrons. The van der Waals surface area contributed by atoms with Crippen LogP contribution in [0.2, 0.25) is 0 Å². The third-order valence-electron chi connectivity index (χ3n) is 4.65. The Labute approximate surface area is 170 Å². The first-order valence-electron chi connectivity index (χ1n) is 8.98. The van der Waals surface area contributed by atoms with Gasteiger partial charge >= 0.3 is 11.9 Å². The predicted molar refractivity (Wildman–Crippen MR) is 89.1 cm³/mol. The first kappa shape index (κ1) is 25.0. The lowest BCUT2D eigenvalue weighted by atomic mass is 9.99. The van der Waals surface area contributed by atoms with Crippen LogP contribution in [0.5, 0.6) is 0 Å². The maximum atomic E-state index is 11.3. The molecule has 0 aromatic rings. The van der Waals surface area contributed by atoms with E-state index in [9.17, 15) is 45.3 Å². The first-order valence-corrected chi connectivity index (χ1v) is 8.98. The standard InChI is InChI=1S/C16H26O14/c1-6(19)27-9(20)4-26-3-8-10(21)12(23)13(24)15(28-8)30-16(5-18)14(25)11(22)7(2-17)29-16/h7-8,10-15,17-18,21-25H,2-5H2,1H3/t7-,8-,10-,11-,12+,13-,14+,15-,16+/m1/s1. The molecular formula is C16H26O14. The Morgan fingerprint density at radius 3 is 2.17 bits per heavy atom. The number of aliphatic hydroxyl groups excluding tert-OH is 7. The van der Waals surface area contributed by atoms with Crippen molar-refractivity contribution in [1.82, 2.24) is 0 Å². The zero-order chi connectivity index (χ0) is 22.6. The van der Waals surface area contributed by atoms with Crippen LogP contribution in [-0.4, -0.2) is 129 Å². The average molecular weight is 442 g/mol. The molecule has 7 N–H and O–H groups in total. The van der Waals surface area contributed by atoms with E-state index in [4.69, 9.17) is 18.9 Å². The minimum Gasteiger partial charge on any atom is -0.394 e. The van der Waals surface area contributed by atoms with Crippen molar-refractivity contribution in [3.8, 4) is 0 Å². The molecule has 2 saturated heterocycles. The number of carbonyl (C=O) groups excluding carboxylic acids is 2. The quantitative estimate of drug-likeness (QED) is 0.138. The summed E-state index contributed by atoms with van der Waals surface area (Å²) < 4.78 is 25.0. The summed E-state index contributed by atoms with van der Waals surface area (Å²) in [5, 5.41) is 69.1. The van der Waals surface area contributed by atoms with Crippen molar-refractivity contribution in [3.05, 3.63) is 0 Å². The Balaban J connectivity index is 2.05. The minimum absolute atomic E-state index is 0.505. The maximum absolute atomic E-state index is 11.3. The molecule has 2 aliphatic heterocycles. The second kappa shape index (κ2) is 10.3. The molecule has 14 nitrogen and oxygen atoms in total. The van der Waals surface area contributed by atoms with Crippen molar-refractivity contribution in [2.75, 3.05) is 26.4 Å². The van der Waals surface area contributed by atoms with Crippen molar-refractivity contribution in [2.45, 2.75) is 61.7 Å². The van der Waals surface area contributed by atoms with E-state index < -0.39 is 93.2 Å². The summed E-state index contributed by atoms with van der Waals surface area (Å²) in [6.07, 6.45) is -13.3. The van der Waals surface area contributed by atoms with Gasteiger partial charge in [-0.1, -0.05) is 0 Å². The van der Waals surface area contributed by atoms with Gasteiger partial charge in [-0.2, -0.15) is 0 Å². The molecule has 0 spiro atoms. The van der Waals surface area contributed by atoms with Gasteiger partial charge in [0.1, 0.15) is 55.9 Å². The van der Waals surface area contributed by atoms with Crippen LogP contribution >= 0.6 is 0 Å². The normalized spacial score (nSPS) is 41.6. The van der Waals surface area contributed by atoms with Gasteiger partial charge in [-0.15, -0.1) is 0 Å². The molecule has 2 rings (SSSR count). The fourth-order valence-electron chi connectivity index (χ4n) is 3.07. The number of rotatable bonds is 8. The van der Waals surface area contributed by atoms with Gasteiger partial charge in [0.25, 0.3) is 0 Å². The molecule has 0 saturated carbocycles. The Bertz CT molecular complexity index is 600. The fourth-order valence-corrected chi connectivity index (χ4v) is 3.07. The molecule has 2 heterocycles. The van der Waals surface area contributed by atoms with E-state index in [1.165, 1.54) is 0 Å². The fraction of sp³-hybridized carbons (Fsp3) is 0.875. The SMILES string of the molecule is CC(=O)OC(=O)COC[C@H]1O[C@H](O[C@]2(CO)O[C@H](CO)[C@@H](O)[C@@H]2O)[C@H](O)[C@@H](O)[C@@H]1O. The molecule has 0 bridgehead atoms. The molecule has 0 amide bonds. The summed E-state index contributed by atoms with van der Waals surface area (Å²) in [4.78, 5) is 22.0. The van der Waals surface area contributed by atoms with E-state index in [0.29, 0.717) is 0 Å². The second-order valence-corrected chi connectivity index (χ2v) is 6.86. The molecule has 0 aromatic heterocycles. The van der Waals surface area contributed by atoms with Gasteiger partial charge < -0.3 is 59.4 Å². The van der Waals surface area contributed by atoms with Gasteiger partial charge in [0.05, 0.1) is 13.2 Å². The number of aliphatic hydroxyl groups is 7. The van der Waals surface area contributed by atoms with Gasteiger partial charge in [-0.25, -0.2) is 4.79 Å². The van der Waals surface area contributed by atoms with Crippen LogP contribution in [-0.2, 0) is 33.3 Å². The lowest BCUT2D eigenvalue weighted by Crippen LogP contribution is -2.62. The number of hydrogen-bond donors (Lipinski definition) is 7. The zero-order valence-corrected chi connectivity index (χ0v) is 15.9. The molecule has 2 fully saturated rings. The maximum Gasteiger partial charge on any atom is 0.339 e. The smallest absolute Gasteiger partial charge is 0.339 e. The number of carbonyl (C=O) groups is 2. The second-order valence-electron chi connectivity index (χ2n) is 6.86. The van der Waals surface area contributed by atoms with E-state index in [0.717, 1.165) is 6.92 Å². The molecule has 0 radical (unpaired) electrons. The van der Waals surface area contributed by atoms with Crippen molar-refractivity contribution in [3.63, 3.8) is 0 Å². The summed E-state index contributed by atoms with van der Waals surface area (Å²) >= 11 is 0. The minimum atomic E-state index is -2.31. The van der Waals surface area contributed by atoms with E-state index in [-0.39, 0.29) is 0 Å². The van der Waals surface area contributed by atoms with Gasteiger partial charge in [0, 0.05) is 6.92 Å².